The highest BCUT2D eigenvalue weighted by molar-refractivity contribution is 5.97. The van der Waals surface area contributed by atoms with Crippen molar-refractivity contribution in [2.24, 2.45) is 0 Å². The first-order chi connectivity index (χ1) is 5.52. The summed E-state index contributed by atoms with van der Waals surface area (Å²) in [4.78, 5) is 21.5. The van der Waals surface area contributed by atoms with Gasteiger partial charge in [0.25, 0.3) is 0 Å². The molecule has 0 amide bonds. The van der Waals surface area contributed by atoms with Gasteiger partial charge in [-0.25, -0.2) is 0 Å². The van der Waals surface area contributed by atoms with Gasteiger partial charge in [0.05, 0.1) is 6.42 Å². The topological polar surface area (TPSA) is 34.1 Å². The maximum atomic E-state index is 11.0. The summed E-state index contributed by atoms with van der Waals surface area (Å²) in [7, 11) is 0. The van der Waals surface area contributed by atoms with E-state index < -0.39 is 0 Å². The van der Waals surface area contributed by atoms with Crippen LogP contribution in [0.25, 0.3) is 0 Å². The Morgan fingerprint density at radius 3 is 2.17 bits per heavy atom. The van der Waals surface area contributed by atoms with Crippen LogP contribution in [0, 0.1) is 0 Å². The molecule has 68 valence electrons. The molecule has 0 unspecified atom stereocenters. The van der Waals surface area contributed by atoms with Gasteiger partial charge in [-0.1, -0.05) is 11.6 Å². The first-order valence-electron chi connectivity index (χ1n) is 4.17. The second-order valence-electron chi connectivity index (χ2n) is 3.24. The van der Waals surface area contributed by atoms with Gasteiger partial charge in [-0.2, -0.15) is 0 Å². The van der Waals surface area contributed by atoms with Crippen molar-refractivity contribution in [2.75, 3.05) is 0 Å². The summed E-state index contributed by atoms with van der Waals surface area (Å²) in [6.45, 7) is 5.43. The van der Waals surface area contributed by atoms with E-state index in [0.29, 0.717) is 6.42 Å². The third-order valence-electron chi connectivity index (χ3n) is 1.42. The van der Waals surface area contributed by atoms with E-state index in [1.165, 1.54) is 12.5 Å². The van der Waals surface area contributed by atoms with Crippen LogP contribution in [0.2, 0.25) is 0 Å². The van der Waals surface area contributed by atoms with Gasteiger partial charge in [-0.05, 0) is 27.2 Å². The Hall–Kier alpha value is -0.920. The Morgan fingerprint density at radius 1 is 1.17 bits per heavy atom. The minimum absolute atomic E-state index is 0.0417. The Kier molecular flexibility index (Phi) is 5.26. The van der Waals surface area contributed by atoms with Gasteiger partial charge < -0.3 is 0 Å². The van der Waals surface area contributed by atoms with Crippen LogP contribution < -0.4 is 0 Å². The fourth-order valence-electron chi connectivity index (χ4n) is 0.888. The van der Waals surface area contributed by atoms with Gasteiger partial charge in [-0.3, -0.25) is 9.59 Å². The number of Topliss-reactive ketones (excluding diaryl/α,β-unsaturated/α-hetero) is 2. The van der Waals surface area contributed by atoms with Crippen LogP contribution >= 0.6 is 0 Å². The number of carbonyl (C=O) groups excluding carboxylic acids is 2. The van der Waals surface area contributed by atoms with Crippen LogP contribution in [-0.4, -0.2) is 11.6 Å². The van der Waals surface area contributed by atoms with Crippen molar-refractivity contribution in [3.05, 3.63) is 11.6 Å². The van der Waals surface area contributed by atoms with E-state index in [4.69, 9.17) is 0 Å². The van der Waals surface area contributed by atoms with Crippen LogP contribution in [0.4, 0.5) is 0 Å². The number of hydrogen-bond donors (Lipinski definition) is 0. The summed E-state index contributed by atoms with van der Waals surface area (Å²) >= 11 is 0. The lowest BCUT2D eigenvalue weighted by molar-refractivity contribution is -0.125. The third kappa shape index (κ3) is 7.19. The summed E-state index contributed by atoms with van der Waals surface area (Å²) in [6.07, 6.45) is 3.36. The minimum atomic E-state index is -0.0443. The predicted molar refractivity (Wildman–Crippen MR) is 49.0 cm³/mol. The summed E-state index contributed by atoms with van der Waals surface area (Å²) in [5.41, 5.74) is 1.21. The van der Waals surface area contributed by atoms with Crippen molar-refractivity contribution in [1.82, 2.24) is 0 Å². The SMILES string of the molecule is CC(=O)CC(=O)CCC=C(C)C. The van der Waals surface area contributed by atoms with E-state index in [9.17, 15) is 9.59 Å². The third-order valence-corrected chi connectivity index (χ3v) is 1.42. The molecule has 0 atom stereocenters. The number of carbonyl (C=O) groups is 2. The Balaban J connectivity index is 3.58. The standard InChI is InChI=1S/C10H16O2/c1-8(2)5-4-6-10(12)7-9(3)11/h5H,4,6-7H2,1-3H3. The molecule has 0 aliphatic rings. The zero-order valence-electron chi connectivity index (χ0n) is 8.02. The molecule has 0 saturated heterocycles. The molecule has 0 heterocycles. The van der Waals surface area contributed by atoms with Crippen LogP contribution in [0.1, 0.15) is 40.0 Å². The lowest BCUT2D eigenvalue weighted by Gasteiger charge is -1.94. The number of hydrogen-bond acceptors (Lipinski definition) is 2. The molecule has 0 radical (unpaired) electrons. The molecule has 2 nitrogen and oxygen atoms in total. The molecule has 12 heavy (non-hydrogen) atoms. The van der Waals surface area contributed by atoms with E-state index in [0.717, 1.165) is 6.42 Å². The highest BCUT2D eigenvalue weighted by Crippen LogP contribution is 2.00. The lowest BCUT2D eigenvalue weighted by atomic mass is 10.1. The highest BCUT2D eigenvalue weighted by atomic mass is 16.1. The van der Waals surface area contributed by atoms with E-state index in [1.54, 1.807) is 0 Å². The molecule has 0 aliphatic heterocycles. The number of allylic oxidation sites excluding steroid dienone is 2. The zero-order chi connectivity index (χ0) is 9.56. The fourth-order valence-corrected chi connectivity index (χ4v) is 0.888. The van der Waals surface area contributed by atoms with Crippen molar-refractivity contribution in [1.29, 1.82) is 0 Å². The second-order valence-corrected chi connectivity index (χ2v) is 3.24. The lowest BCUT2D eigenvalue weighted by Crippen LogP contribution is -2.03. The Bertz CT molecular complexity index is 198. The quantitative estimate of drug-likeness (QED) is 0.466. The molecular formula is C10H16O2. The van der Waals surface area contributed by atoms with E-state index in [2.05, 4.69) is 0 Å². The van der Waals surface area contributed by atoms with Crippen LogP contribution in [0.3, 0.4) is 0 Å². The zero-order valence-corrected chi connectivity index (χ0v) is 8.02. The second kappa shape index (κ2) is 5.70. The van der Waals surface area contributed by atoms with Gasteiger partial charge in [0.2, 0.25) is 0 Å². The van der Waals surface area contributed by atoms with Crippen LogP contribution in [0.15, 0.2) is 11.6 Å². The molecule has 0 aliphatic carbocycles. The first kappa shape index (κ1) is 11.1. The van der Waals surface area contributed by atoms with Gasteiger partial charge in [0.15, 0.2) is 0 Å². The largest absolute Gasteiger partial charge is 0.300 e. The Morgan fingerprint density at radius 2 is 1.75 bits per heavy atom. The van der Waals surface area contributed by atoms with Crippen LogP contribution in [0.5, 0.6) is 0 Å². The van der Waals surface area contributed by atoms with Crippen molar-refractivity contribution in [3.63, 3.8) is 0 Å². The molecule has 0 bridgehead atoms. The molecule has 2 heteroatoms. The summed E-state index contributed by atoms with van der Waals surface area (Å²) in [5, 5.41) is 0. The molecular weight excluding hydrogens is 152 g/mol. The normalized spacial score (nSPS) is 9.25. The molecule has 0 N–H and O–H groups in total. The smallest absolute Gasteiger partial charge is 0.140 e. The molecule has 0 aromatic carbocycles. The van der Waals surface area contributed by atoms with Crippen molar-refractivity contribution in [3.8, 4) is 0 Å². The first-order valence-corrected chi connectivity index (χ1v) is 4.17. The summed E-state index contributed by atoms with van der Waals surface area (Å²) in [6, 6.07) is 0. The number of rotatable bonds is 5. The van der Waals surface area contributed by atoms with E-state index in [-0.39, 0.29) is 18.0 Å². The van der Waals surface area contributed by atoms with Gasteiger partial charge >= 0.3 is 0 Å². The molecule has 0 fully saturated rings. The summed E-state index contributed by atoms with van der Waals surface area (Å²) in [5.74, 6) is -0.00259. The molecule has 0 aromatic heterocycles. The Labute approximate surface area is 73.7 Å². The van der Waals surface area contributed by atoms with Gasteiger partial charge in [-0.15, -0.1) is 0 Å². The van der Waals surface area contributed by atoms with Crippen molar-refractivity contribution in [2.45, 2.75) is 40.0 Å². The van der Waals surface area contributed by atoms with Crippen molar-refractivity contribution < 1.29 is 9.59 Å². The average Bonchev–Trinajstić information content (AvgIpc) is 1.84. The van der Waals surface area contributed by atoms with Crippen LogP contribution in [-0.2, 0) is 9.59 Å². The van der Waals surface area contributed by atoms with Crippen molar-refractivity contribution >= 4 is 11.6 Å². The molecule has 0 spiro atoms. The molecule has 0 saturated carbocycles. The maximum Gasteiger partial charge on any atom is 0.140 e. The predicted octanol–water partition coefficient (Wildman–Crippen LogP) is 2.28. The molecule has 0 rings (SSSR count). The molecule has 0 aromatic rings. The monoisotopic (exact) mass is 168 g/mol. The summed E-state index contributed by atoms with van der Waals surface area (Å²) < 4.78 is 0. The average molecular weight is 168 g/mol. The maximum absolute atomic E-state index is 11.0. The fraction of sp³-hybridized carbons (Fsp3) is 0.600. The minimum Gasteiger partial charge on any atom is -0.300 e. The van der Waals surface area contributed by atoms with E-state index >= 15 is 0 Å². The van der Waals surface area contributed by atoms with Gasteiger partial charge in [0.1, 0.15) is 11.6 Å². The highest BCUT2D eigenvalue weighted by Gasteiger charge is 2.03. The number of ketones is 2. The van der Waals surface area contributed by atoms with Gasteiger partial charge in [0, 0.05) is 6.42 Å². The van der Waals surface area contributed by atoms with E-state index in [1.807, 2.05) is 19.9 Å².